The Morgan fingerprint density at radius 2 is 1.61 bits per heavy atom. The molecule has 2 heterocycles. The molecule has 2 aromatic rings. The Bertz CT molecular complexity index is 616. The molecular formula is C20H27N3. The van der Waals surface area contributed by atoms with Gasteiger partial charge in [-0.25, -0.2) is 4.98 Å². The SMILES string of the molecule is CC(C)c1cccc(C(C)N2CCN(c3ccccn3)CC2)c1. The highest BCUT2D eigenvalue weighted by Crippen LogP contribution is 2.25. The van der Waals surface area contributed by atoms with Gasteiger partial charge in [0.15, 0.2) is 0 Å². The van der Waals surface area contributed by atoms with Crippen molar-refractivity contribution in [1.82, 2.24) is 9.88 Å². The molecule has 3 nitrogen and oxygen atoms in total. The second kappa shape index (κ2) is 7.14. The molecule has 1 aliphatic rings. The van der Waals surface area contributed by atoms with Gasteiger partial charge in [-0.2, -0.15) is 0 Å². The first-order chi connectivity index (χ1) is 11.1. The van der Waals surface area contributed by atoms with Gasteiger partial charge in [0.1, 0.15) is 5.82 Å². The fourth-order valence-corrected chi connectivity index (χ4v) is 3.27. The van der Waals surface area contributed by atoms with Crippen molar-refractivity contribution in [2.75, 3.05) is 31.1 Å². The average molecular weight is 309 g/mol. The summed E-state index contributed by atoms with van der Waals surface area (Å²) in [6.07, 6.45) is 1.88. The molecule has 1 fully saturated rings. The standard InChI is InChI=1S/C20H27N3/c1-16(2)18-7-6-8-19(15-18)17(3)22-11-13-23(14-12-22)20-9-4-5-10-21-20/h4-10,15-17H,11-14H2,1-3H3. The van der Waals surface area contributed by atoms with E-state index >= 15 is 0 Å². The first kappa shape index (κ1) is 16.0. The molecule has 3 rings (SSSR count). The molecule has 1 saturated heterocycles. The molecule has 1 aromatic carbocycles. The molecule has 1 aliphatic heterocycles. The van der Waals surface area contributed by atoms with Crippen LogP contribution in [0.3, 0.4) is 0 Å². The molecule has 23 heavy (non-hydrogen) atoms. The highest BCUT2D eigenvalue weighted by Gasteiger charge is 2.22. The summed E-state index contributed by atoms with van der Waals surface area (Å²) in [7, 11) is 0. The highest BCUT2D eigenvalue weighted by atomic mass is 15.3. The molecule has 0 aliphatic carbocycles. The quantitative estimate of drug-likeness (QED) is 0.848. The Labute approximate surface area is 140 Å². The van der Waals surface area contributed by atoms with E-state index in [1.165, 1.54) is 11.1 Å². The number of piperazine rings is 1. The number of hydrogen-bond donors (Lipinski definition) is 0. The monoisotopic (exact) mass is 309 g/mol. The smallest absolute Gasteiger partial charge is 0.128 e. The van der Waals surface area contributed by atoms with E-state index in [2.05, 4.69) is 72.0 Å². The lowest BCUT2D eigenvalue weighted by molar-refractivity contribution is 0.198. The van der Waals surface area contributed by atoms with Crippen LogP contribution in [0.2, 0.25) is 0 Å². The molecule has 3 heteroatoms. The van der Waals surface area contributed by atoms with Crippen molar-refractivity contribution in [3.05, 3.63) is 59.8 Å². The third-order valence-electron chi connectivity index (χ3n) is 4.90. The van der Waals surface area contributed by atoms with Gasteiger partial charge >= 0.3 is 0 Å². The molecule has 0 bridgehead atoms. The van der Waals surface area contributed by atoms with Crippen molar-refractivity contribution < 1.29 is 0 Å². The minimum Gasteiger partial charge on any atom is -0.354 e. The van der Waals surface area contributed by atoms with Crippen LogP contribution in [0.4, 0.5) is 5.82 Å². The van der Waals surface area contributed by atoms with E-state index in [4.69, 9.17) is 0 Å². The highest BCUT2D eigenvalue weighted by molar-refractivity contribution is 5.38. The Morgan fingerprint density at radius 3 is 2.26 bits per heavy atom. The Hall–Kier alpha value is -1.87. The number of rotatable bonds is 4. The van der Waals surface area contributed by atoms with Crippen molar-refractivity contribution in [1.29, 1.82) is 0 Å². The van der Waals surface area contributed by atoms with Crippen LogP contribution >= 0.6 is 0 Å². The number of aromatic nitrogens is 1. The summed E-state index contributed by atoms with van der Waals surface area (Å²) in [6.45, 7) is 11.1. The summed E-state index contributed by atoms with van der Waals surface area (Å²) in [5.74, 6) is 1.68. The summed E-state index contributed by atoms with van der Waals surface area (Å²) < 4.78 is 0. The molecule has 0 N–H and O–H groups in total. The van der Waals surface area contributed by atoms with Gasteiger partial charge < -0.3 is 4.90 Å². The lowest BCUT2D eigenvalue weighted by Crippen LogP contribution is -2.47. The van der Waals surface area contributed by atoms with E-state index in [9.17, 15) is 0 Å². The third-order valence-corrected chi connectivity index (χ3v) is 4.90. The van der Waals surface area contributed by atoms with E-state index in [-0.39, 0.29) is 0 Å². The average Bonchev–Trinajstić information content (AvgIpc) is 2.62. The van der Waals surface area contributed by atoms with Crippen LogP contribution in [0.5, 0.6) is 0 Å². The normalized spacial score (nSPS) is 17.5. The van der Waals surface area contributed by atoms with Gasteiger partial charge in [-0.15, -0.1) is 0 Å². The zero-order valence-corrected chi connectivity index (χ0v) is 14.4. The van der Waals surface area contributed by atoms with E-state index in [1.807, 2.05) is 12.3 Å². The summed E-state index contributed by atoms with van der Waals surface area (Å²) in [5, 5.41) is 0. The number of anilines is 1. The van der Waals surface area contributed by atoms with Crippen molar-refractivity contribution >= 4 is 5.82 Å². The molecule has 1 unspecified atom stereocenters. The zero-order valence-electron chi connectivity index (χ0n) is 14.4. The Morgan fingerprint density at radius 1 is 0.870 bits per heavy atom. The summed E-state index contributed by atoms with van der Waals surface area (Å²) in [6, 6.07) is 15.7. The van der Waals surface area contributed by atoms with Crippen LogP contribution in [-0.2, 0) is 0 Å². The Balaban J connectivity index is 1.64. The van der Waals surface area contributed by atoms with Crippen LogP contribution < -0.4 is 4.90 Å². The van der Waals surface area contributed by atoms with Crippen molar-refractivity contribution in [3.63, 3.8) is 0 Å². The van der Waals surface area contributed by atoms with E-state index in [0.29, 0.717) is 12.0 Å². The maximum absolute atomic E-state index is 4.47. The van der Waals surface area contributed by atoms with Crippen LogP contribution in [0.1, 0.15) is 43.9 Å². The van der Waals surface area contributed by atoms with Crippen molar-refractivity contribution in [2.24, 2.45) is 0 Å². The summed E-state index contributed by atoms with van der Waals surface area (Å²) in [5.41, 5.74) is 2.86. The zero-order chi connectivity index (χ0) is 16.2. The third kappa shape index (κ3) is 3.73. The van der Waals surface area contributed by atoms with Crippen molar-refractivity contribution in [3.8, 4) is 0 Å². The van der Waals surface area contributed by atoms with Gasteiger partial charge in [0, 0.05) is 38.4 Å². The molecule has 1 aromatic heterocycles. The van der Waals surface area contributed by atoms with E-state index in [0.717, 1.165) is 32.0 Å². The number of hydrogen-bond acceptors (Lipinski definition) is 3. The van der Waals surface area contributed by atoms with E-state index in [1.54, 1.807) is 0 Å². The van der Waals surface area contributed by atoms with Gasteiger partial charge in [-0.1, -0.05) is 44.2 Å². The fraction of sp³-hybridized carbons (Fsp3) is 0.450. The summed E-state index contributed by atoms with van der Waals surface area (Å²) >= 11 is 0. The van der Waals surface area contributed by atoms with Crippen LogP contribution in [0.15, 0.2) is 48.7 Å². The largest absolute Gasteiger partial charge is 0.354 e. The summed E-state index contributed by atoms with van der Waals surface area (Å²) in [4.78, 5) is 9.43. The number of benzene rings is 1. The Kier molecular flexibility index (Phi) is 4.97. The molecule has 0 radical (unpaired) electrons. The fourth-order valence-electron chi connectivity index (χ4n) is 3.27. The first-order valence-electron chi connectivity index (χ1n) is 8.65. The maximum Gasteiger partial charge on any atom is 0.128 e. The predicted octanol–water partition coefficient (Wildman–Crippen LogP) is 4.09. The van der Waals surface area contributed by atoms with Crippen molar-refractivity contribution in [2.45, 2.75) is 32.7 Å². The molecule has 122 valence electrons. The van der Waals surface area contributed by atoms with Gasteiger partial charge in [0.05, 0.1) is 0 Å². The van der Waals surface area contributed by atoms with Crippen LogP contribution in [-0.4, -0.2) is 36.1 Å². The molecule has 0 saturated carbocycles. The number of pyridine rings is 1. The predicted molar refractivity (Wildman–Crippen MR) is 97.0 cm³/mol. The van der Waals surface area contributed by atoms with Gasteiger partial charge in [0.2, 0.25) is 0 Å². The van der Waals surface area contributed by atoms with Gasteiger partial charge in [-0.3, -0.25) is 4.90 Å². The lowest BCUT2D eigenvalue weighted by Gasteiger charge is -2.38. The second-order valence-corrected chi connectivity index (χ2v) is 6.71. The van der Waals surface area contributed by atoms with Crippen LogP contribution in [0.25, 0.3) is 0 Å². The topological polar surface area (TPSA) is 19.4 Å². The van der Waals surface area contributed by atoms with Crippen LogP contribution in [0, 0.1) is 0 Å². The van der Waals surface area contributed by atoms with Gasteiger partial charge in [0.25, 0.3) is 0 Å². The second-order valence-electron chi connectivity index (χ2n) is 6.71. The molecule has 1 atom stereocenters. The maximum atomic E-state index is 4.47. The molecule has 0 amide bonds. The minimum atomic E-state index is 0.472. The molecule has 0 spiro atoms. The number of nitrogens with zero attached hydrogens (tertiary/aromatic N) is 3. The molecular weight excluding hydrogens is 282 g/mol. The minimum absolute atomic E-state index is 0.472. The first-order valence-corrected chi connectivity index (χ1v) is 8.65. The van der Waals surface area contributed by atoms with E-state index < -0.39 is 0 Å². The van der Waals surface area contributed by atoms with Gasteiger partial charge in [-0.05, 0) is 36.1 Å². The lowest BCUT2D eigenvalue weighted by atomic mass is 9.97.